The van der Waals surface area contributed by atoms with Crippen LogP contribution in [0.1, 0.15) is 5.56 Å². The Labute approximate surface area is 158 Å². The van der Waals surface area contributed by atoms with Crippen LogP contribution in [0.25, 0.3) is 44.3 Å². The molecule has 0 unspecified atom stereocenters. The maximum atomic E-state index is 12.2. The van der Waals surface area contributed by atoms with Gasteiger partial charge in [-0.15, -0.1) is 0 Å². The van der Waals surface area contributed by atoms with Gasteiger partial charge in [0, 0.05) is 28.2 Å². The van der Waals surface area contributed by atoms with E-state index in [2.05, 4.69) is 45.3 Å². The van der Waals surface area contributed by atoms with Crippen molar-refractivity contribution >= 4 is 43.6 Å². The van der Waals surface area contributed by atoms with Crippen LogP contribution in [0.2, 0.25) is 0 Å². The van der Waals surface area contributed by atoms with Gasteiger partial charge in [0.1, 0.15) is 11.2 Å². The predicted octanol–water partition coefficient (Wildman–Crippen LogP) is 3.55. The Balaban J connectivity index is 2.00. The number of fused-ring (bicyclic) bond motifs is 4. The van der Waals surface area contributed by atoms with E-state index in [4.69, 9.17) is 4.98 Å². The Bertz CT molecular complexity index is 1240. The van der Waals surface area contributed by atoms with E-state index >= 15 is 0 Å². The van der Waals surface area contributed by atoms with Crippen LogP contribution in [0.3, 0.4) is 0 Å². The molecule has 0 N–H and O–H groups in total. The third kappa shape index (κ3) is 2.10. The average Bonchev–Trinajstić information content (AvgIpc) is 2.97. The molecule has 0 atom stereocenters. The van der Waals surface area contributed by atoms with Crippen LogP contribution in [-0.2, 0) is 0 Å². The summed E-state index contributed by atoms with van der Waals surface area (Å²) in [6, 6.07) is 18.5. The quantitative estimate of drug-likeness (QED) is 0.196. The predicted molar refractivity (Wildman–Crippen MR) is 105 cm³/mol. The summed E-state index contributed by atoms with van der Waals surface area (Å²) in [6.45, 7) is 2.04. The molecule has 5 rings (SSSR count). The normalized spacial score (nSPS) is 12.8. The molecule has 0 saturated heterocycles. The fraction of sp³-hybridized carbons (Fsp3) is 0.0952. The molecule has 1 heterocycles. The molecule has 126 valence electrons. The highest BCUT2D eigenvalue weighted by molar-refractivity contribution is 9.09. The number of hydrogen-bond donors (Lipinski definition) is 0. The van der Waals surface area contributed by atoms with Crippen LogP contribution in [0.5, 0.6) is 0 Å². The van der Waals surface area contributed by atoms with E-state index in [0.717, 1.165) is 44.5 Å². The number of hydrogen-bond acceptors (Lipinski definition) is 3. The van der Waals surface area contributed by atoms with Crippen LogP contribution >= 0.6 is 15.9 Å². The van der Waals surface area contributed by atoms with Gasteiger partial charge >= 0.3 is 0 Å². The fourth-order valence-electron chi connectivity index (χ4n) is 3.70. The number of alkyl halides is 1. The molecule has 3 aromatic carbocycles. The van der Waals surface area contributed by atoms with Crippen molar-refractivity contribution in [2.45, 2.75) is 6.92 Å². The van der Waals surface area contributed by atoms with E-state index in [0.29, 0.717) is 0 Å². The molecule has 26 heavy (non-hydrogen) atoms. The Kier molecular flexibility index (Phi) is 3.34. The van der Waals surface area contributed by atoms with Gasteiger partial charge in [-0.2, -0.15) is 0 Å². The lowest BCUT2D eigenvalue weighted by Gasteiger charge is -2.06. The van der Waals surface area contributed by atoms with Crippen LogP contribution in [0.4, 0.5) is 0 Å². The number of aromatic nitrogens is 2. The first-order chi connectivity index (χ1) is 12.7. The van der Waals surface area contributed by atoms with Gasteiger partial charge in [0.2, 0.25) is 0 Å². The molecule has 0 spiro atoms. The van der Waals surface area contributed by atoms with Gasteiger partial charge in [0.15, 0.2) is 0 Å². The first kappa shape index (κ1) is 15.5. The van der Waals surface area contributed by atoms with Gasteiger partial charge in [-0.25, -0.2) is 4.98 Å². The number of aryl methyl sites for hydroxylation is 1. The first-order valence-corrected chi connectivity index (χ1v) is 9.49. The van der Waals surface area contributed by atoms with E-state index in [1.165, 1.54) is 5.39 Å². The monoisotopic (exact) mass is 403 g/mol. The second-order valence-electron chi connectivity index (χ2n) is 6.45. The van der Waals surface area contributed by atoms with Crippen molar-refractivity contribution in [3.05, 3.63) is 60.2 Å². The van der Waals surface area contributed by atoms with Crippen molar-refractivity contribution in [2.24, 2.45) is 5.10 Å². The fourth-order valence-corrected chi connectivity index (χ4v) is 3.82. The second-order valence-corrected chi connectivity index (χ2v) is 7.01. The molecule has 4 aromatic rings. The first-order valence-electron chi connectivity index (χ1n) is 8.37. The van der Waals surface area contributed by atoms with Gasteiger partial charge in [-0.05, 0) is 39.8 Å². The molecule has 0 bridgehead atoms. The topological polar surface area (TPSA) is 52.2 Å². The van der Waals surface area contributed by atoms with E-state index in [1.807, 2.05) is 37.3 Å². The molecular weight excluding hydrogens is 390 g/mol. The number of nitrogens with zero attached hydrogens (tertiary/aromatic N) is 3. The summed E-state index contributed by atoms with van der Waals surface area (Å²) in [4.78, 5) is 4.95. The number of benzene rings is 3. The molecule has 5 heteroatoms. The summed E-state index contributed by atoms with van der Waals surface area (Å²) < 4.78 is 1.76. The lowest BCUT2D eigenvalue weighted by Crippen LogP contribution is -2.37. The minimum Gasteiger partial charge on any atom is -0.857 e. The van der Waals surface area contributed by atoms with Gasteiger partial charge in [-0.3, -0.25) is 0 Å². The maximum absolute atomic E-state index is 12.2. The smallest absolute Gasteiger partial charge is 0.272 e. The van der Waals surface area contributed by atoms with E-state index in [9.17, 15) is 5.11 Å². The third-order valence-corrected chi connectivity index (χ3v) is 5.25. The molecule has 1 aromatic heterocycles. The average molecular weight is 404 g/mol. The lowest BCUT2D eigenvalue weighted by molar-refractivity contribution is -0.644. The van der Waals surface area contributed by atoms with Gasteiger partial charge in [0.05, 0.1) is 5.56 Å². The SMILES string of the molecule is Cc1ccc2c(c1)nc1c([n+]2/N=C(\[O-])CBr)-c2cccc3cccc-1c23. The van der Waals surface area contributed by atoms with Crippen molar-refractivity contribution in [3.8, 4) is 22.5 Å². The summed E-state index contributed by atoms with van der Waals surface area (Å²) in [5.41, 5.74) is 6.69. The van der Waals surface area contributed by atoms with E-state index < -0.39 is 0 Å². The summed E-state index contributed by atoms with van der Waals surface area (Å²) in [6.07, 6.45) is 0. The summed E-state index contributed by atoms with van der Waals surface area (Å²) in [5.74, 6) is -0.228. The molecule has 0 radical (unpaired) electrons. The van der Waals surface area contributed by atoms with Crippen LogP contribution in [0.15, 0.2) is 59.7 Å². The number of halogens is 1. The van der Waals surface area contributed by atoms with Gasteiger partial charge in [-0.1, -0.05) is 52.3 Å². The molecule has 0 amide bonds. The van der Waals surface area contributed by atoms with Crippen molar-refractivity contribution in [1.82, 2.24) is 4.98 Å². The van der Waals surface area contributed by atoms with E-state index in [-0.39, 0.29) is 11.2 Å². The molecular formula is C21H14BrN3O. The highest BCUT2D eigenvalue weighted by Crippen LogP contribution is 2.44. The molecule has 0 aliphatic heterocycles. The van der Waals surface area contributed by atoms with Gasteiger partial charge in [0.25, 0.3) is 11.2 Å². The third-order valence-electron chi connectivity index (χ3n) is 4.77. The Morgan fingerprint density at radius 2 is 1.88 bits per heavy atom. The highest BCUT2D eigenvalue weighted by Gasteiger charge is 2.33. The molecule has 0 saturated carbocycles. The summed E-state index contributed by atoms with van der Waals surface area (Å²) in [7, 11) is 0. The summed E-state index contributed by atoms with van der Waals surface area (Å²) in [5, 5.41) is 19.0. The van der Waals surface area contributed by atoms with Crippen LogP contribution in [-0.4, -0.2) is 16.2 Å². The van der Waals surface area contributed by atoms with Crippen molar-refractivity contribution < 1.29 is 9.78 Å². The minimum absolute atomic E-state index is 0.182. The highest BCUT2D eigenvalue weighted by atomic mass is 79.9. The van der Waals surface area contributed by atoms with E-state index in [1.54, 1.807) is 4.68 Å². The zero-order valence-electron chi connectivity index (χ0n) is 14.0. The van der Waals surface area contributed by atoms with Gasteiger partial charge < -0.3 is 5.11 Å². The number of rotatable bonds is 2. The summed E-state index contributed by atoms with van der Waals surface area (Å²) >= 11 is 3.21. The molecule has 1 aliphatic carbocycles. The zero-order valence-corrected chi connectivity index (χ0v) is 15.6. The second kappa shape index (κ2) is 5.61. The Hall–Kier alpha value is -2.79. The Morgan fingerprint density at radius 1 is 1.12 bits per heavy atom. The van der Waals surface area contributed by atoms with Crippen molar-refractivity contribution in [3.63, 3.8) is 0 Å². The van der Waals surface area contributed by atoms with Crippen molar-refractivity contribution in [1.29, 1.82) is 0 Å². The maximum Gasteiger partial charge on any atom is 0.272 e. The minimum atomic E-state index is -0.228. The van der Waals surface area contributed by atoms with Crippen LogP contribution in [0, 0.1) is 6.92 Å². The van der Waals surface area contributed by atoms with Crippen LogP contribution < -0.4 is 9.78 Å². The zero-order chi connectivity index (χ0) is 17.8. The van der Waals surface area contributed by atoms with Crippen molar-refractivity contribution in [2.75, 3.05) is 5.33 Å². The largest absolute Gasteiger partial charge is 0.857 e. The Morgan fingerprint density at radius 3 is 2.65 bits per heavy atom. The molecule has 1 aliphatic rings. The standard InChI is InChI=1S/C21H14BrN3O/c1-12-8-9-17-16(10-12)23-20-14-6-2-4-13-5-3-7-15(19(13)14)21(20)25(17)24-18(26)11-22/h2-10H,11H2,1H3. The molecule has 0 fully saturated rings. The lowest BCUT2D eigenvalue weighted by atomic mass is 10.0. The molecule has 4 nitrogen and oxygen atoms in total.